The summed E-state index contributed by atoms with van der Waals surface area (Å²) in [4.78, 5) is 9.24. The molecular formula is C16H17N3S. The number of thiazole rings is 1. The number of aromatic nitrogens is 2. The van der Waals surface area contributed by atoms with Crippen molar-refractivity contribution in [3.8, 4) is 0 Å². The van der Waals surface area contributed by atoms with Crippen LogP contribution >= 0.6 is 11.3 Å². The lowest BCUT2D eigenvalue weighted by Crippen LogP contribution is -2.09. The predicted octanol–water partition coefficient (Wildman–Crippen LogP) is 4.48. The van der Waals surface area contributed by atoms with Crippen LogP contribution in [0.25, 0.3) is 10.9 Å². The lowest BCUT2D eigenvalue weighted by molar-refractivity contribution is 0.855. The summed E-state index contributed by atoms with van der Waals surface area (Å²) in [6, 6.07) is 10.5. The number of hydrogen-bond acceptors (Lipinski definition) is 4. The van der Waals surface area contributed by atoms with Crippen LogP contribution in [0, 0.1) is 13.8 Å². The molecule has 1 unspecified atom stereocenters. The molecule has 4 heteroatoms. The van der Waals surface area contributed by atoms with E-state index in [1.165, 1.54) is 5.39 Å². The van der Waals surface area contributed by atoms with Crippen molar-refractivity contribution in [3.05, 3.63) is 52.0 Å². The van der Waals surface area contributed by atoms with Gasteiger partial charge in [-0.3, -0.25) is 0 Å². The molecule has 0 saturated heterocycles. The third kappa shape index (κ3) is 2.51. The van der Waals surface area contributed by atoms with E-state index in [4.69, 9.17) is 4.98 Å². The normalized spacial score (nSPS) is 12.6. The molecule has 20 heavy (non-hydrogen) atoms. The average molecular weight is 283 g/mol. The molecule has 0 radical (unpaired) electrons. The third-order valence-electron chi connectivity index (χ3n) is 3.27. The van der Waals surface area contributed by atoms with Gasteiger partial charge in [0.2, 0.25) is 0 Å². The molecule has 0 amide bonds. The van der Waals surface area contributed by atoms with Gasteiger partial charge in [-0.05, 0) is 38.5 Å². The van der Waals surface area contributed by atoms with Crippen molar-refractivity contribution in [1.29, 1.82) is 0 Å². The number of pyridine rings is 1. The summed E-state index contributed by atoms with van der Waals surface area (Å²) in [5.41, 5.74) is 3.24. The van der Waals surface area contributed by atoms with E-state index in [9.17, 15) is 0 Å². The van der Waals surface area contributed by atoms with Crippen molar-refractivity contribution in [3.63, 3.8) is 0 Å². The fourth-order valence-electron chi connectivity index (χ4n) is 2.21. The lowest BCUT2D eigenvalue weighted by atomic mass is 10.1. The molecule has 3 nitrogen and oxygen atoms in total. The average Bonchev–Trinajstić information content (AvgIpc) is 2.86. The third-order valence-corrected chi connectivity index (χ3v) is 4.42. The maximum atomic E-state index is 4.71. The first kappa shape index (κ1) is 13.1. The Morgan fingerprint density at radius 1 is 1.15 bits per heavy atom. The van der Waals surface area contributed by atoms with Crippen LogP contribution in [0.3, 0.4) is 0 Å². The SMILES string of the molecule is Cc1csc(C(C)Nc2nc3ccccc3cc2C)n1. The summed E-state index contributed by atoms with van der Waals surface area (Å²) >= 11 is 1.68. The zero-order valence-electron chi connectivity index (χ0n) is 11.8. The Kier molecular flexibility index (Phi) is 3.40. The van der Waals surface area contributed by atoms with E-state index >= 15 is 0 Å². The van der Waals surface area contributed by atoms with Gasteiger partial charge in [0.05, 0.1) is 11.6 Å². The van der Waals surface area contributed by atoms with E-state index in [1.54, 1.807) is 11.3 Å². The van der Waals surface area contributed by atoms with E-state index < -0.39 is 0 Å². The van der Waals surface area contributed by atoms with Crippen LogP contribution in [0.5, 0.6) is 0 Å². The number of benzene rings is 1. The van der Waals surface area contributed by atoms with Gasteiger partial charge in [-0.25, -0.2) is 9.97 Å². The van der Waals surface area contributed by atoms with E-state index in [0.29, 0.717) is 0 Å². The van der Waals surface area contributed by atoms with Gasteiger partial charge in [0.1, 0.15) is 10.8 Å². The molecule has 0 saturated carbocycles. The van der Waals surface area contributed by atoms with Gasteiger partial charge < -0.3 is 5.32 Å². The molecule has 3 aromatic rings. The molecule has 1 atom stereocenters. The molecule has 102 valence electrons. The summed E-state index contributed by atoms with van der Waals surface area (Å²) in [5, 5.41) is 7.81. The van der Waals surface area contributed by atoms with Gasteiger partial charge in [0.25, 0.3) is 0 Å². The first-order valence-corrected chi connectivity index (χ1v) is 7.56. The number of rotatable bonds is 3. The number of fused-ring (bicyclic) bond motifs is 1. The summed E-state index contributed by atoms with van der Waals surface area (Å²) in [6.45, 7) is 6.22. The highest BCUT2D eigenvalue weighted by atomic mass is 32.1. The van der Waals surface area contributed by atoms with Crippen molar-refractivity contribution < 1.29 is 0 Å². The van der Waals surface area contributed by atoms with Crippen molar-refractivity contribution in [1.82, 2.24) is 9.97 Å². The Bertz CT molecular complexity index is 748. The van der Waals surface area contributed by atoms with Gasteiger partial charge in [-0.15, -0.1) is 11.3 Å². The van der Waals surface area contributed by atoms with Gasteiger partial charge >= 0.3 is 0 Å². The molecule has 0 aliphatic heterocycles. The largest absolute Gasteiger partial charge is 0.361 e. The summed E-state index contributed by atoms with van der Waals surface area (Å²) in [5.74, 6) is 0.934. The molecule has 1 aromatic carbocycles. The summed E-state index contributed by atoms with van der Waals surface area (Å²) in [7, 11) is 0. The number of aryl methyl sites for hydroxylation is 2. The first-order valence-electron chi connectivity index (χ1n) is 6.68. The zero-order valence-corrected chi connectivity index (χ0v) is 12.7. The van der Waals surface area contributed by atoms with Gasteiger partial charge in [0.15, 0.2) is 0 Å². The van der Waals surface area contributed by atoms with E-state index in [-0.39, 0.29) is 6.04 Å². The standard InChI is InChI=1S/C16H17N3S/c1-10-8-13-6-4-5-7-14(13)19-15(10)18-12(3)16-17-11(2)9-20-16/h4-9,12H,1-3H3,(H,18,19). The second-order valence-corrected chi connectivity index (χ2v) is 5.93. The minimum Gasteiger partial charge on any atom is -0.361 e. The number of nitrogens with one attached hydrogen (secondary N) is 1. The summed E-state index contributed by atoms with van der Waals surface area (Å²) < 4.78 is 0. The molecule has 2 heterocycles. The van der Waals surface area contributed by atoms with Crippen molar-refractivity contribution in [2.75, 3.05) is 5.32 Å². The quantitative estimate of drug-likeness (QED) is 0.770. The Hall–Kier alpha value is -1.94. The molecule has 0 aliphatic carbocycles. The van der Waals surface area contributed by atoms with Crippen LogP contribution in [-0.4, -0.2) is 9.97 Å². The van der Waals surface area contributed by atoms with Crippen LogP contribution < -0.4 is 5.32 Å². The fraction of sp³-hybridized carbons (Fsp3) is 0.250. The minimum atomic E-state index is 0.168. The molecule has 0 spiro atoms. The van der Waals surface area contributed by atoms with Crippen molar-refractivity contribution >= 4 is 28.1 Å². The van der Waals surface area contributed by atoms with E-state index in [2.05, 4.69) is 41.7 Å². The highest BCUT2D eigenvalue weighted by Gasteiger charge is 2.11. The Balaban J connectivity index is 1.92. The number of anilines is 1. The van der Waals surface area contributed by atoms with Crippen LogP contribution in [0.4, 0.5) is 5.82 Å². The highest BCUT2D eigenvalue weighted by Crippen LogP contribution is 2.25. The van der Waals surface area contributed by atoms with E-state index in [1.807, 2.05) is 25.1 Å². The summed E-state index contributed by atoms with van der Waals surface area (Å²) in [6.07, 6.45) is 0. The molecule has 0 aliphatic rings. The Labute approximate surface area is 122 Å². The molecule has 1 N–H and O–H groups in total. The maximum absolute atomic E-state index is 4.71. The predicted molar refractivity (Wildman–Crippen MR) is 85.4 cm³/mol. The monoisotopic (exact) mass is 283 g/mol. The van der Waals surface area contributed by atoms with Crippen LogP contribution in [-0.2, 0) is 0 Å². The van der Waals surface area contributed by atoms with Crippen LogP contribution in [0.1, 0.15) is 29.2 Å². The number of nitrogens with zero attached hydrogens (tertiary/aromatic N) is 2. The van der Waals surface area contributed by atoms with Crippen LogP contribution in [0.2, 0.25) is 0 Å². The lowest BCUT2D eigenvalue weighted by Gasteiger charge is -2.14. The Morgan fingerprint density at radius 3 is 2.70 bits per heavy atom. The van der Waals surface area contributed by atoms with Gasteiger partial charge in [-0.2, -0.15) is 0 Å². The molecule has 2 aromatic heterocycles. The van der Waals surface area contributed by atoms with E-state index in [0.717, 1.165) is 27.6 Å². The van der Waals surface area contributed by atoms with Crippen molar-refractivity contribution in [2.24, 2.45) is 0 Å². The number of hydrogen-bond donors (Lipinski definition) is 1. The molecule has 3 rings (SSSR count). The van der Waals surface area contributed by atoms with Gasteiger partial charge in [-0.1, -0.05) is 18.2 Å². The van der Waals surface area contributed by atoms with Gasteiger partial charge in [0, 0.05) is 16.5 Å². The van der Waals surface area contributed by atoms with Crippen molar-refractivity contribution in [2.45, 2.75) is 26.8 Å². The molecular weight excluding hydrogens is 266 g/mol. The Morgan fingerprint density at radius 2 is 1.95 bits per heavy atom. The molecule has 0 fully saturated rings. The topological polar surface area (TPSA) is 37.8 Å². The second kappa shape index (κ2) is 5.21. The molecule has 0 bridgehead atoms. The minimum absolute atomic E-state index is 0.168. The highest BCUT2D eigenvalue weighted by molar-refractivity contribution is 7.09. The zero-order chi connectivity index (χ0) is 14.1. The maximum Gasteiger partial charge on any atom is 0.130 e. The second-order valence-electron chi connectivity index (χ2n) is 5.04. The van der Waals surface area contributed by atoms with Crippen LogP contribution in [0.15, 0.2) is 35.7 Å². The fourth-order valence-corrected chi connectivity index (χ4v) is 3.01. The number of para-hydroxylation sites is 1. The smallest absolute Gasteiger partial charge is 0.130 e. The first-order chi connectivity index (χ1) is 9.63.